The first kappa shape index (κ1) is 27.8. The predicted molar refractivity (Wildman–Crippen MR) is 165 cm³/mol. The van der Waals surface area contributed by atoms with Crippen LogP contribution >= 0.6 is 0 Å². The number of hydrogen-bond acceptors (Lipinski definition) is 8. The average molecular weight is 601 g/mol. The molecule has 45 heavy (non-hydrogen) atoms. The van der Waals surface area contributed by atoms with E-state index in [0.717, 1.165) is 17.2 Å². The number of nitro benzene ring substituents is 2. The van der Waals surface area contributed by atoms with Crippen molar-refractivity contribution >= 4 is 45.8 Å². The molecule has 0 aliphatic carbocycles. The average Bonchev–Trinajstić information content (AvgIpc) is 3.52. The third kappa shape index (κ3) is 3.93. The van der Waals surface area contributed by atoms with Crippen LogP contribution in [0.3, 0.4) is 0 Å². The third-order valence-corrected chi connectivity index (χ3v) is 9.14. The fourth-order valence-electron chi connectivity index (χ4n) is 7.26. The number of para-hydroxylation sites is 2. The number of allylic oxidation sites excluding steroid dienone is 1. The van der Waals surface area contributed by atoms with Gasteiger partial charge < -0.3 is 10.2 Å². The third-order valence-electron chi connectivity index (χ3n) is 9.14. The van der Waals surface area contributed by atoms with Crippen LogP contribution in [0, 0.1) is 26.1 Å². The minimum atomic E-state index is -1.60. The number of carbonyl (C=O) groups is 3. The summed E-state index contributed by atoms with van der Waals surface area (Å²) < 4.78 is 0. The molecular weight excluding hydrogens is 576 g/mol. The Bertz CT molecular complexity index is 2000. The topological polar surface area (TPSA) is 153 Å². The maximum atomic E-state index is 14.9. The molecule has 0 radical (unpaired) electrons. The molecule has 222 valence electrons. The zero-order chi connectivity index (χ0) is 31.6. The van der Waals surface area contributed by atoms with Crippen LogP contribution in [0.15, 0.2) is 103 Å². The molecule has 1 spiro atoms. The molecule has 4 aromatic carbocycles. The molecule has 11 heteroatoms. The quantitative estimate of drug-likeness (QED) is 0.167. The largest absolute Gasteiger partial charge is 0.352 e. The summed E-state index contributed by atoms with van der Waals surface area (Å²) in [6.07, 6.45) is 1.90. The molecule has 1 N–H and O–H groups in total. The number of hydrogen-bond donors (Lipinski definition) is 1. The molecule has 0 bridgehead atoms. The van der Waals surface area contributed by atoms with E-state index in [1.54, 1.807) is 24.3 Å². The molecule has 0 aromatic heterocycles. The summed E-state index contributed by atoms with van der Waals surface area (Å²) in [5, 5.41) is 26.0. The van der Waals surface area contributed by atoms with Gasteiger partial charge in [0.05, 0.1) is 21.8 Å². The molecular formula is C34H24N4O7. The minimum absolute atomic E-state index is 0.0129. The Balaban J connectivity index is 1.53. The summed E-state index contributed by atoms with van der Waals surface area (Å²) in [6, 6.07) is 22.8. The summed E-state index contributed by atoms with van der Waals surface area (Å²) in [7, 11) is 0. The van der Waals surface area contributed by atoms with Gasteiger partial charge in [-0.1, -0.05) is 54.6 Å². The fraction of sp³-hybridized carbons (Fsp3) is 0.147. The SMILES string of the molecule is CC1=C[C@@H]2N(c3ccccc31)[C@@H](C(=O)c1ccc([N+](=O)[O-])cc1)[C@@H](C(=O)c1cccc([N+](=O)[O-])c1)[C@@]21C(=O)Nc2ccccc21. The second-order valence-corrected chi connectivity index (χ2v) is 11.4. The summed E-state index contributed by atoms with van der Waals surface area (Å²) in [5.41, 5.74) is 1.36. The first-order chi connectivity index (χ1) is 21.6. The lowest BCUT2D eigenvalue weighted by atomic mass is 9.64. The van der Waals surface area contributed by atoms with Crippen LogP contribution in [0.4, 0.5) is 22.7 Å². The maximum Gasteiger partial charge on any atom is 0.270 e. The Kier molecular flexibility index (Phi) is 6.22. The second kappa shape index (κ2) is 10.1. The molecule has 3 aliphatic heterocycles. The molecule has 3 heterocycles. The van der Waals surface area contributed by atoms with Gasteiger partial charge in [-0.2, -0.15) is 0 Å². The number of fused-ring (bicyclic) bond motifs is 6. The van der Waals surface area contributed by atoms with Crippen molar-refractivity contribution in [3.8, 4) is 0 Å². The number of nitrogens with zero attached hydrogens (tertiary/aromatic N) is 3. The van der Waals surface area contributed by atoms with Gasteiger partial charge in [-0.05, 0) is 42.3 Å². The summed E-state index contributed by atoms with van der Waals surface area (Å²) in [6.45, 7) is 1.91. The van der Waals surface area contributed by atoms with Gasteiger partial charge in [-0.3, -0.25) is 34.6 Å². The molecule has 1 saturated heterocycles. The van der Waals surface area contributed by atoms with Crippen molar-refractivity contribution in [3.05, 3.63) is 146 Å². The Labute approximate surface area is 256 Å². The van der Waals surface area contributed by atoms with Gasteiger partial charge in [-0.15, -0.1) is 0 Å². The molecule has 3 aliphatic rings. The van der Waals surface area contributed by atoms with E-state index in [-0.39, 0.29) is 22.5 Å². The van der Waals surface area contributed by atoms with Crippen molar-refractivity contribution in [1.82, 2.24) is 0 Å². The molecule has 7 rings (SSSR count). The zero-order valence-electron chi connectivity index (χ0n) is 23.7. The summed E-state index contributed by atoms with van der Waals surface area (Å²) in [4.78, 5) is 67.7. The first-order valence-electron chi connectivity index (χ1n) is 14.2. The molecule has 1 fully saturated rings. The Morgan fingerprint density at radius 1 is 0.800 bits per heavy atom. The molecule has 0 unspecified atom stereocenters. The number of carbonyl (C=O) groups excluding carboxylic acids is 3. The highest BCUT2D eigenvalue weighted by Gasteiger charge is 2.70. The normalized spacial score (nSPS) is 22.6. The van der Waals surface area contributed by atoms with Crippen molar-refractivity contribution in [2.45, 2.75) is 24.4 Å². The van der Waals surface area contributed by atoms with Crippen molar-refractivity contribution in [1.29, 1.82) is 0 Å². The van der Waals surface area contributed by atoms with Gasteiger partial charge in [-0.25, -0.2) is 0 Å². The lowest BCUT2D eigenvalue weighted by Crippen LogP contribution is -2.51. The van der Waals surface area contributed by atoms with Crippen molar-refractivity contribution in [2.75, 3.05) is 10.2 Å². The Morgan fingerprint density at radius 3 is 2.22 bits per heavy atom. The lowest BCUT2D eigenvalue weighted by molar-refractivity contribution is -0.385. The van der Waals surface area contributed by atoms with Crippen molar-refractivity contribution in [3.63, 3.8) is 0 Å². The van der Waals surface area contributed by atoms with E-state index in [1.807, 2.05) is 42.2 Å². The second-order valence-electron chi connectivity index (χ2n) is 11.4. The van der Waals surface area contributed by atoms with Crippen LogP contribution in [-0.4, -0.2) is 39.4 Å². The van der Waals surface area contributed by atoms with E-state index in [2.05, 4.69) is 5.32 Å². The number of nitrogens with one attached hydrogen (secondary N) is 1. The highest BCUT2D eigenvalue weighted by atomic mass is 16.6. The number of anilines is 2. The van der Waals surface area contributed by atoms with Gasteiger partial charge in [0.1, 0.15) is 11.5 Å². The number of Topliss-reactive ketones (excluding diaryl/α,β-unsaturated/α-hetero) is 2. The van der Waals surface area contributed by atoms with Crippen LogP contribution in [0.5, 0.6) is 0 Å². The van der Waals surface area contributed by atoms with Crippen LogP contribution in [-0.2, 0) is 10.2 Å². The Hall–Kier alpha value is -5.97. The van der Waals surface area contributed by atoms with E-state index in [0.29, 0.717) is 16.9 Å². The van der Waals surface area contributed by atoms with E-state index in [1.165, 1.54) is 42.5 Å². The predicted octanol–water partition coefficient (Wildman–Crippen LogP) is 5.75. The van der Waals surface area contributed by atoms with Gasteiger partial charge in [0, 0.05) is 52.3 Å². The molecule has 0 saturated carbocycles. The standard InChI is InChI=1S/C34H24N4O7/c1-19-17-28-34(25-10-3-4-11-26(25)35-33(34)41)29(31(39)21-7-6-8-23(18-21)38(44)45)30(36(28)27-12-5-2-9-24(19)27)32(40)20-13-15-22(16-14-20)37(42)43/h2-18,28-30H,1H3,(H,35,41)/t28-,29-,30+,34-/m0/s1. The van der Waals surface area contributed by atoms with Crippen LogP contribution < -0.4 is 10.2 Å². The van der Waals surface area contributed by atoms with Crippen LogP contribution in [0.2, 0.25) is 0 Å². The first-order valence-corrected chi connectivity index (χ1v) is 14.2. The maximum absolute atomic E-state index is 14.9. The van der Waals surface area contributed by atoms with E-state index < -0.39 is 50.7 Å². The van der Waals surface area contributed by atoms with Gasteiger partial charge >= 0.3 is 0 Å². The van der Waals surface area contributed by atoms with Crippen molar-refractivity contribution < 1.29 is 24.2 Å². The molecule has 4 aromatic rings. The van der Waals surface area contributed by atoms with E-state index in [9.17, 15) is 34.6 Å². The summed E-state index contributed by atoms with van der Waals surface area (Å²) >= 11 is 0. The molecule has 4 atom stereocenters. The number of amides is 1. The van der Waals surface area contributed by atoms with Gasteiger partial charge in [0.2, 0.25) is 5.91 Å². The monoisotopic (exact) mass is 600 g/mol. The molecule has 11 nitrogen and oxygen atoms in total. The van der Waals surface area contributed by atoms with Gasteiger partial charge in [0.15, 0.2) is 11.6 Å². The number of benzene rings is 4. The fourth-order valence-corrected chi connectivity index (χ4v) is 7.26. The smallest absolute Gasteiger partial charge is 0.270 e. The van der Waals surface area contributed by atoms with E-state index in [4.69, 9.17) is 0 Å². The zero-order valence-corrected chi connectivity index (χ0v) is 23.7. The minimum Gasteiger partial charge on any atom is -0.352 e. The highest BCUT2D eigenvalue weighted by Crippen LogP contribution is 2.58. The lowest BCUT2D eigenvalue weighted by Gasteiger charge is -2.39. The van der Waals surface area contributed by atoms with Gasteiger partial charge in [0.25, 0.3) is 11.4 Å². The number of nitro groups is 2. The molecule has 1 amide bonds. The Morgan fingerprint density at radius 2 is 1.49 bits per heavy atom. The number of ketones is 2. The summed E-state index contributed by atoms with van der Waals surface area (Å²) in [5.74, 6) is -2.93. The van der Waals surface area contributed by atoms with Crippen LogP contribution in [0.25, 0.3) is 5.57 Å². The van der Waals surface area contributed by atoms with Crippen LogP contribution in [0.1, 0.15) is 38.8 Å². The van der Waals surface area contributed by atoms with Crippen molar-refractivity contribution in [2.24, 2.45) is 5.92 Å². The number of non-ortho nitro benzene ring substituents is 2. The number of rotatable bonds is 6. The highest BCUT2D eigenvalue weighted by molar-refractivity contribution is 6.18. The van der Waals surface area contributed by atoms with E-state index >= 15 is 0 Å².